The van der Waals surface area contributed by atoms with Gasteiger partial charge in [-0.1, -0.05) is 46.4 Å². The van der Waals surface area contributed by atoms with E-state index < -0.39 is 0 Å². The van der Waals surface area contributed by atoms with Gasteiger partial charge < -0.3 is 4.74 Å². The van der Waals surface area contributed by atoms with Crippen molar-refractivity contribution in [1.82, 2.24) is 9.97 Å². The van der Waals surface area contributed by atoms with Gasteiger partial charge >= 0.3 is 0 Å². The predicted octanol–water partition coefficient (Wildman–Crippen LogP) is 5.65. The molecule has 0 aliphatic rings. The molecule has 3 nitrogen and oxygen atoms in total. The van der Waals surface area contributed by atoms with Gasteiger partial charge in [0.1, 0.15) is 16.5 Å². The van der Waals surface area contributed by atoms with Gasteiger partial charge in [0.15, 0.2) is 5.15 Å². The Bertz CT molecular complexity index is 609. The zero-order chi connectivity index (χ0) is 13.3. The molecule has 1 heterocycles. The Labute approximate surface area is 131 Å². The molecular weight excluding hydrogens is 386 g/mol. The normalized spacial score (nSPS) is 10.5. The molecular formula is C10H3BrCl4N2O. The van der Waals surface area contributed by atoms with Crippen LogP contribution in [0.2, 0.25) is 20.2 Å². The molecule has 0 saturated carbocycles. The van der Waals surface area contributed by atoms with E-state index in [0.29, 0.717) is 25.3 Å². The van der Waals surface area contributed by atoms with Gasteiger partial charge in [-0.15, -0.1) is 0 Å². The SMILES string of the molecule is Clc1cc(Cl)c(Oc2ncnc(Cl)c2Br)cc1Cl. The smallest absolute Gasteiger partial charge is 0.238 e. The second-order valence-corrected chi connectivity index (χ2v) is 5.46. The third-order valence-corrected chi connectivity index (χ3v) is 4.14. The molecule has 0 aliphatic carbocycles. The van der Waals surface area contributed by atoms with Crippen LogP contribution in [0, 0.1) is 0 Å². The summed E-state index contributed by atoms with van der Waals surface area (Å²) in [5, 5.41) is 1.21. The zero-order valence-corrected chi connectivity index (χ0v) is 13.0. The van der Waals surface area contributed by atoms with Crippen molar-refractivity contribution in [3.05, 3.63) is 43.2 Å². The molecule has 18 heavy (non-hydrogen) atoms. The molecule has 2 rings (SSSR count). The second kappa shape index (κ2) is 5.80. The van der Waals surface area contributed by atoms with E-state index in [0.717, 1.165) is 0 Å². The number of rotatable bonds is 2. The summed E-state index contributed by atoms with van der Waals surface area (Å²) in [6.07, 6.45) is 1.27. The molecule has 0 aliphatic heterocycles. The minimum absolute atomic E-state index is 0.232. The summed E-state index contributed by atoms with van der Waals surface area (Å²) in [7, 11) is 0. The van der Waals surface area contributed by atoms with Gasteiger partial charge in [0.25, 0.3) is 0 Å². The van der Waals surface area contributed by atoms with Crippen LogP contribution in [0.15, 0.2) is 22.9 Å². The summed E-state index contributed by atoms with van der Waals surface area (Å²) in [6, 6.07) is 2.98. The number of ether oxygens (including phenoxy) is 1. The van der Waals surface area contributed by atoms with Crippen LogP contribution in [0.3, 0.4) is 0 Å². The summed E-state index contributed by atoms with van der Waals surface area (Å²) in [6.45, 7) is 0. The molecule has 0 fully saturated rings. The highest BCUT2D eigenvalue weighted by Crippen LogP contribution is 2.38. The van der Waals surface area contributed by atoms with Crippen molar-refractivity contribution >= 4 is 62.3 Å². The van der Waals surface area contributed by atoms with Crippen LogP contribution >= 0.6 is 62.3 Å². The first kappa shape index (κ1) is 14.2. The van der Waals surface area contributed by atoms with Gasteiger partial charge in [0.05, 0.1) is 15.1 Å². The van der Waals surface area contributed by atoms with Crippen LogP contribution in [-0.4, -0.2) is 9.97 Å². The highest BCUT2D eigenvalue weighted by atomic mass is 79.9. The molecule has 8 heteroatoms. The summed E-state index contributed by atoms with van der Waals surface area (Å²) in [5.74, 6) is 0.553. The largest absolute Gasteiger partial charge is 0.436 e. The Morgan fingerprint density at radius 2 is 1.61 bits per heavy atom. The second-order valence-electron chi connectivity index (χ2n) is 3.08. The predicted molar refractivity (Wildman–Crippen MR) is 76.3 cm³/mol. The van der Waals surface area contributed by atoms with Crippen LogP contribution in [0.4, 0.5) is 0 Å². The number of hydrogen-bond acceptors (Lipinski definition) is 3. The van der Waals surface area contributed by atoms with E-state index in [1.807, 2.05) is 0 Å². The Morgan fingerprint density at radius 3 is 2.33 bits per heavy atom. The van der Waals surface area contributed by atoms with E-state index in [2.05, 4.69) is 25.9 Å². The molecule has 1 aromatic carbocycles. The molecule has 0 amide bonds. The first-order valence-corrected chi connectivity index (χ1v) is 6.78. The summed E-state index contributed by atoms with van der Waals surface area (Å²) >= 11 is 26.7. The lowest BCUT2D eigenvalue weighted by atomic mass is 10.3. The van der Waals surface area contributed by atoms with Crippen molar-refractivity contribution in [3.63, 3.8) is 0 Å². The maximum Gasteiger partial charge on any atom is 0.238 e. The van der Waals surface area contributed by atoms with Gasteiger partial charge in [-0.2, -0.15) is 0 Å². The molecule has 1 aromatic heterocycles. The molecule has 0 atom stereocenters. The highest BCUT2D eigenvalue weighted by molar-refractivity contribution is 9.10. The van der Waals surface area contributed by atoms with Crippen LogP contribution in [-0.2, 0) is 0 Å². The zero-order valence-electron chi connectivity index (χ0n) is 8.42. The maximum absolute atomic E-state index is 5.98. The average Bonchev–Trinajstić information content (AvgIpc) is 2.32. The van der Waals surface area contributed by atoms with Crippen LogP contribution < -0.4 is 4.74 Å². The van der Waals surface area contributed by atoms with Gasteiger partial charge in [0, 0.05) is 6.07 Å². The maximum atomic E-state index is 5.98. The van der Waals surface area contributed by atoms with Crippen LogP contribution in [0.25, 0.3) is 0 Å². The first-order chi connectivity index (χ1) is 8.49. The van der Waals surface area contributed by atoms with Crippen molar-refractivity contribution in [1.29, 1.82) is 0 Å². The topological polar surface area (TPSA) is 35.0 Å². The Hall–Kier alpha value is -0.260. The van der Waals surface area contributed by atoms with Crippen LogP contribution in [0.1, 0.15) is 0 Å². The summed E-state index contributed by atoms with van der Waals surface area (Å²) in [5.41, 5.74) is 0. The molecule has 0 spiro atoms. The molecule has 2 aromatic rings. The summed E-state index contributed by atoms with van der Waals surface area (Å²) < 4.78 is 5.92. The summed E-state index contributed by atoms with van der Waals surface area (Å²) in [4.78, 5) is 7.71. The van der Waals surface area contributed by atoms with Gasteiger partial charge in [-0.05, 0) is 22.0 Å². The third-order valence-electron chi connectivity index (χ3n) is 1.90. The molecule has 0 saturated heterocycles. The number of nitrogens with zero attached hydrogens (tertiary/aromatic N) is 2. The van der Waals surface area contributed by atoms with Crippen molar-refractivity contribution in [2.75, 3.05) is 0 Å². The molecule has 94 valence electrons. The minimum Gasteiger partial charge on any atom is -0.436 e. The van der Waals surface area contributed by atoms with E-state index >= 15 is 0 Å². The minimum atomic E-state index is 0.232. The average molecular weight is 389 g/mol. The van der Waals surface area contributed by atoms with Crippen molar-refractivity contribution < 1.29 is 4.74 Å². The lowest BCUT2D eigenvalue weighted by Gasteiger charge is -2.09. The van der Waals surface area contributed by atoms with E-state index in [9.17, 15) is 0 Å². The van der Waals surface area contributed by atoms with Gasteiger partial charge in [-0.3, -0.25) is 0 Å². The van der Waals surface area contributed by atoms with E-state index in [4.69, 9.17) is 51.1 Å². The number of halogens is 5. The lowest BCUT2D eigenvalue weighted by molar-refractivity contribution is 0.458. The van der Waals surface area contributed by atoms with E-state index in [1.54, 1.807) is 0 Å². The number of benzene rings is 1. The van der Waals surface area contributed by atoms with Crippen molar-refractivity contribution in [2.24, 2.45) is 0 Å². The lowest BCUT2D eigenvalue weighted by Crippen LogP contribution is -1.92. The molecule has 0 unspecified atom stereocenters. The number of hydrogen-bond donors (Lipinski definition) is 0. The first-order valence-electron chi connectivity index (χ1n) is 4.47. The highest BCUT2D eigenvalue weighted by Gasteiger charge is 2.13. The fraction of sp³-hybridized carbons (Fsp3) is 0. The van der Waals surface area contributed by atoms with Crippen LogP contribution in [0.5, 0.6) is 11.6 Å². The molecule has 0 radical (unpaired) electrons. The van der Waals surface area contributed by atoms with Crippen molar-refractivity contribution in [3.8, 4) is 11.6 Å². The monoisotopic (exact) mass is 386 g/mol. The van der Waals surface area contributed by atoms with E-state index in [-0.39, 0.29) is 11.0 Å². The third kappa shape index (κ3) is 3.00. The quantitative estimate of drug-likeness (QED) is 0.493. The number of aromatic nitrogens is 2. The van der Waals surface area contributed by atoms with Crippen molar-refractivity contribution in [2.45, 2.75) is 0 Å². The molecule has 0 bridgehead atoms. The standard InChI is InChI=1S/C10H3BrCl4N2O/c11-8-9(15)16-3-17-10(8)18-7-2-5(13)4(12)1-6(7)14/h1-3H. The van der Waals surface area contributed by atoms with Gasteiger partial charge in [-0.25, -0.2) is 9.97 Å². The fourth-order valence-electron chi connectivity index (χ4n) is 1.09. The Balaban J connectivity index is 2.40. The fourth-order valence-corrected chi connectivity index (χ4v) is 2.08. The molecule has 0 N–H and O–H groups in total. The Kier molecular flexibility index (Phi) is 4.56. The van der Waals surface area contributed by atoms with Gasteiger partial charge in [0.2, 0.25) is 5.88 Å². The Morgan fingerprint density at radius 1 is 0.944 bits per heavy atom. The van der Waals surface area contributed by atoms with E-state index in [1.165, 1.54) is 18.5 Å².